The van der Waals surface area contributed by atoms with Crippen molar-refractivity contribution in [2.24, 2.45) is 5.73 Å². The lowest BCUT2D eigenvalue weighted by atomic mass is 10.0. The highest BCUT2D eigenvalue weighted by atomic mass is 16.2. The van der Waals surface area contributed by atoms with E-state index in [2.05, 4.69) is 36.1 Å². The summed E-state index contributed by atoms with van der Waals surface area (Å²) in [4.78, 5) is 29.7. The van der Waals surface area contributed by atoms with Gasteiger partial charge in [0.2, 0.25) is 5.91 Å². The molecule has 0 saturated carbocycles. The molecule has 0 aromatic heterocycles. The van der Waals surface area contributed by atoms with E-state index >= 15 is 0 Å². The van der Waals surface area contributed by atoms with Crippen LogP contribution in [0.5, 0.6) is 0 Å². The standard InChI is InChI=1S/C19H28N4O2/c1-15-6-2-3-7-16(15)22-12-10-21(11-13-22)14-18(24)23-9-5-4-8-17(23)19(20)25/h2-3,6-7,17H,4-5,8-14H2,1H3,(H2,20,25)/p+1/t17-/m0/s1. The Morgan fingerprint density at radius 2 is 1.88 bits per heavy atom. The van der Waals surface area contributed by atoms with Crippen LogP contribution in [0.25, 0.3) is 0 Å². The first-order valence-electron chi connectivity index (χ1n) is 9.29. The topological polar surface area (TPSA) is 71.1 Å². The molecule has 0 unspecified atom stereocenters. The molecule has 6 heteroatoms. The Bertz CT molecular complexity index is 626. The van der Waals surface area contributed by atoms with Gasteiger partial charge in [0.15, 0.2) is 6.54 Å². The molecule has 0 bridgehead atoms. The Kier molecular flexibility index (Phi) is 5.58. The fourth-order valence-electron chi connectivity index (χ4n) is 4.00. The zero-order valence-corrected chi connectivity index (χ0v) is 15.0. The van der Waals surface area contributed by atoms with Gasteiger partial charge in [-0.05, 0) is 37.8 Å². The summed E-state index contributed by atoms with van der Waals surface area (Å²) < 4.78 is 0. The molecule has 1 aromatic carbocycles. The number of likely N-dealkylation sites (tertiary alicyclic amines) is 1. The molecule has 2 aliphatic rings. The highest BCUT2D eigenvalue weighted by Crippen LogP contribution is 2.19. The molecular formula is C19H29N4O2+. The number of nitrogens with zero attached hydrogens (tertiary/aromatic N) is 2. The first-order chi connectivity index (χ1) is 12.1. The van der Waals surface area contributed by atoms with Crippen LogP contribution in [0, 0.1) is 6.92 Å². The van der Waals surface area contributed by atoms with Gasteiger partial charge < -0.3 is 20.4 Å². The van der Waals surface area contributed by atoms with Crippen molar-refractivity contribution in [3.8, 4) is 0 Å². The van der Waals surface area contributed by atoms with Gasteiger partial charge in [-0.1, -0.05) is 18.2 Å². The highest BCUT2D eigenvalue weighted by Gasteiger charge is 2.33. The van der Waals surface area contributed by atoms with Gasteiger partial charge in [-0.2, -0.15) is 0 Å². The van der Waals surface area contributed by atoms with Crippen LogP contribution in [0.1, 0.15) is 24.8 Å². The van der Waals surface area contributed by atoms with Crippen LogP contribution < -0.4 is 15.5 Å². The van der Waals surface area contributed by atoms with Crippen molar-refractivity contribution in [2.75, 3.05) is 44.2 Å². The average molecular weight is 345 g/mol. The van der Waals surface area contributed by atoms with Crippen LogP contribution in [0.2, 0.25) is 0 Å². The fourth-order valence-corrected chi connectivity index (χ4v) is 4.00. The van der Waals surface area contributed by atoms with Gasteiger partial charge in [-0.15, -0.1) is 0 Å². The summed E-state index contributed by atoms with van der Waals surface area (Å²) in [6.07, 6.45) is 2.64. The normalized spacial score (nSPS) is 22.0. The quantitative estimate of drug-likeness (QED) is 0.778. The summed E-state index contributed by atoms with van der Waals surface area (Å²) in [5.74, 6) is -0.296. The van der Waals surface area contributed by atoms with Crippen molar-refractivity contribution >= 4 is 17.5 Å². The van der Waals surface area contributed by atoms with Crippen LogP contribution in [0.15, 0.2) is 24.3 Å². The molecular weight excluding hydrogens is 316 g/mol. The average Bonchev–Trinajstić information content (AvgIpc) is 2.63. The number of piperazine rings is 1. The van der Waals surface area contributed by atoms with Gasteiger partial charge in [0.05, 0.1) is 26.2 Å². The molecule has 2 amide bonds. The number of anilines is 1. The number of rotatable bonds is 4. The van der Waals surface area contributed by atoms with Crippen molar-refractivity contribution in [1.82, 2.24) is 4.90 Å². The lowest BCUT2D eigenvalue weighted by Crippen LogP contribution is -3.16. The number of primary amides is 1. The van der Waals surface area contributed by atoms with E-state index in [9.17, 15) is 9.59 Å². The maximum Gasteiger partial charge on any atom is 0.278 e. The molecule has 0 spiro atoms. The number of benzene rings is 1. The molecule has 0 aliphatic carbocycles. The number of nitrogens with one attached hydrogen (secondary N) is 1. The zero-order chi connectivity index (χ0) is 17.8. The zero-order valence-electron chi connectivity index (χ0n) is 15.0. The molecule has 25 heavy (non-hydrogen) atoms. The number of aryl methyl sites for hydroxylation is 1. The maximum atomic E-state index is 12.7. The Labute approximate surface area is 149 Å². The number of quaternary nitrogens is 1. The summed E-state index contributed by atoms with van der Waals surface area (Å²) in [7, 11) is 0. The van der Waals surface area contributed by atoms with Gasteiger partial charge in [0.25, 0.3) is 5.91 Å². The van der Waals surface area contributed by atoms with Gasteiger partial charge in [0, 0.05) is 12.2 Å². The molecule has 1 atom stereocenters. The SMILES string of the molecule is Cc1ccccc1N1CC[NH+](CC(=O)N2CCCC[C@H]2C(N)=O)CC1. The molecule has 3 rings (SSSR count). The molecule has 2 saturated heterocycles. The van der Waals surface area contributed by atoms with E-state index in [0.717, 1.165) is 39.0 Å². The fraction of sp³-hybridized carbons (Fsp3) is 0.579. The second-order valence-corrected chi connectivity index (χ2v) is 7.20. The molecule has 6 nitrogen and oxygen atoms in total. The second-order valence-electron chi connectivity index (χ2n) is 7.20. The first-order valence-corrected chi connectivity index (χ1v) is 9.29. The third kappa shape index (κ3) is 4.12. The van der Waals surface area contributed by atoms with Crippen LogP contribution in [-0.2, 0) is 9.59 Å². The lowest BCUT2D eigenvalue weighted by Gasteiger charge is -2.37. The van der Waals surface area contributed by atoms with Crippen molar-refractivity contribution in [3.63, 3.8) is 0 Å². The summed E-state index contributed by atoms with van der Waals surface area (Å²) in [6, 6.07) is 8.03. The smallest absolute Gasteiger partial charge is 0.278 e. The van der Waals surface area contributed by atoms with Gasteiger partial charge in [-0.3, -0.25) is 9.59 Å². The van der Waals surface area contributed by atoms with Crippen molar-refractivity contribution in [3.05, 3.63) is 29.8 Å². The Hall–Kier alpha value is -2.08. The van der Waals surface area contributed by atoms with Gasteiger partial charge in [-0.25, -0.2) is 0 Å². The minimum atomic E-state index is -0.408. The summed E-state index contributed by atoms with van der Waals surface area (Å²) in [5, 5.41) is 0. The van der Waals surface area contributed by atoms with E-state index in [4.69, 9.17) is 5.73 Å². The number of carbonyl (C=O) groups excluding carboxylic acids is 2. The van der Waals surface area contributed by atoms with Gasteiger partial charge in [0.1, 0.15) is 6.04 Å². The number of piperidine rings is 1. The van der Waals surface area contributed by atoms with Crippen molar-refractivity contribution in [1.29, 1.82) is 0 Å². The molecule has 3 N–H and O–H groups in total. The predicted octanol–water partition coefficient (Wildman–Crippen LogP) is -0.434. The Balaban J connectivity index is 1.54. The Morgan fingerprint density at radius 1 is 1.16 bits per heavy atom. The van der Waals surface area contributed by atoms with E-state index in [1.165, 1.54) is 16.2 Å². The number of para-hydroxylation sites is 1. The minimum absolute atomic E-state index is 0.0721. The Morgan fingerprint density at radius 3 is 2.56 bits per heavy atom. The summed E-state index contributed by atoms with van der Waals surface area (Å²) in [5.41, 5.74) is 8.06. The number of carbonyl (C=O) groups is 2. The largest absolute Gasteiger partial charge is 0.368 e. The minimum Gasteiger partial charge on any atom is -0.368 e. The molecule has 136 valence electrons. The van der Waals surface area contributed by atoms with E-state index in [1.807, 2.05) is 0 Å². The number of amides is 2. The summed E-state index contributed by atoms with van der Waals surface area (Å²) in [6.45, 7) is 7.04. The number of hydrogen-bond donors (Lipinski definition) is 2. The molecule has 2 fully saturated rings. The molecule has 2 heterocycles. The van der Waals surface area contributed by atoms with E-state index < -0.39 is 6.04 Å². The monoisotopic (exact) mass is 345 g/mol. The van der Waals surface area contributed by atoms with Crippen LogP contribution in [0.3, 0.4) is 0 Å². The summed E-state index contributed by atoms with van der Waals surface area (Å²) >= 11 is 0. The van der Waals surface area contributed by atoms with E-state index in [1.54, 1.807) is 4.90 Å². The van der Waals surface area contributed by atoms with Crippen LogP contribution >= 0.6 is 0 Å². The lowest BCUT2D eigenvalue weighted by molar-refractivity contribution is -0.892. The molecule has 2 aliphatic heterocycles. The highest BCUT2D eigenvalue weighted by molar-refractivity contribution is 5.87. The van der Waals surface area contributed by atoms with E-state index in [0.29, 0.717) is 19.5 Å². The van der Waals surface area contributed by atoms with E-state index in [-0.39, 0.29) is 11.8 Å². The first kappa shape index (κ1) is 17.7. The third-order valence-electron chi connectivity index (χ3n) is 5.48. The third-order valence-corrected chi connectivity index (χ3v) is 5.48. The molecule has 0 radical (unpaired) electrons. The molecule has 1 aromatic rings. The number of hydrogen-bond acceptors (Lipinski definition) is 3. The number of nitrogens with two attached hydrogens (primary N) is 1. The van der Waals surface area contributed by atoms with Gasteiger partial charge >= 0.3 is 0 Å². The van der Waals surface area contributed by atoms with Crippen LogP contribution in [0.4, 0.5) is 5.69 Å². The second kappa shape index (κ2) is 7.87. The predicted molar refractivity (Wildman–Crippen MR) is 97.5 cm³/mol. The van der Waals surface area contributed by atoms with Crippen molar-refractivity contribution < 1.29 is 14.5 Å². The van der Waals surface area contributed by atoms with Crippen LogP contribution in [-0.4, -0.2) is 62.0 Å². The maximum absolute atomic E-state index is 12.7. The van der Waals surface area contributed by atoms with Crippen molar-refractivity contribution in [2.45, 2.75) is 32.2 Å².